The van der Waals surface area contributed by atoms with E-state index in [0.29, 0.717) is 21.8 Å². The largest absolute Gasteiger partial charge is 0.507 e. The molecular formula is C25H22N2O7. The summed E-state index contributed by atoms with van der Waals surface area (Å²) in [6, 6.07) is 3.55. The maximum atomic E-state index is 13.2. The number of primary amides is 1. The van der Waals surface area contributed by atoms with Gasteiger partial charge in [0.25, 0.3) is 0 Å². The molecule has 34 heavy (non-hydrogen) atoms. The lowest BCUT2D eigenvalue weighted by Gasteiger charge is -2.42. The van der Waals surface area contributed by atoms with E-state index in [9.17, 15) is 29.1 Å². The van der Waals surface area contributed by atoms with E-state index in [-0.39, 0.29) is 46.9 Å². The molecule has 3 aliphatic carbocycles. The lowest BCUT2D eigenvalue weighted by Crippen LogP contribution is -2.42. The Morgan fingerprint density at radius 3 is 2.53 bits per heavy atom. The fourth-order valence-corrected chi connectivity index (χ4v) is 5.85. The van der Waals surface area contributed by atoms with Crippen LogP contribution in [-0.2, 0) is 19.2 Å². The number of allylic oxidation sites excluding steroid dienone is 6. The molecule has 1 saturated heterocycles. The minimum Gasteiger partial charge on any atom is -0.507 e. The number of aromatic hydroxyl groups is 1. The van der Waals surface area contributed by atoms with Gasteiger partial charge in [0.1, 0.15) is 11.5 Å². The Kier molecular flexibility index (Phi) is 4.82. The molecule has 0 saturated carbocycles. The third-order valence-electron chi connectivity index (χ3n) is 7.33. The van der Waals surface area contributed by atoms with Gasteiger partial charge in [0, 0.05) is 34.3 Å². The van der Waals surface area contributed by atoms with E-state index in [1.165, 1.54) is 19.3 Å². The van der Waals surface area contributed by atoms with Crippen LogP contribution in [0.5, 0.6) is 11.5 Å². The number of amides is 4. The van der Waals surface area contributed by atoms with E-state index < -0.39 is 41.5 Å². The van der Waals surface area contributed by atoms with Crippen LogP contribution < -0.4 is 10.5 Å². The number of likely N-dealkylation sites (tertiary alicyclic amines) is 1. The second-order valence-electron chi connectivity index (χ2n) is 9.00. The van der Waals surface area contributed by atoms with Crippen molar-refractivity contribution in [2.45, 2.75) is 25.7 Å². The Hall–Kier alpha value is -4.01. The highest BCUT2D eigenvalue weighted by atomic mass is 16.5. The minimum atomic E-state index is -1.13. The number of nitrogens with zero attached hydrogens (tertiary/aromatic N) is 1. The van der Waals surface area contributed by atoms with E-state index in [0.717, 1.165) is 0 Å². The molecule has 0 aromatic heterocycles. The Morgan fingerprint density at radius 1 is 1.15 bits per heavy atom. The molecule has 3 N–H and O–H groups in total. The average Bonchev–Trinajstić information content (AvgIpc) is 3.06. The van der Waals surface area contributed by atoms with E-state index in [1.54, 1.807) is 25.1 Å². The SMILES string of the molecule is COc1ccc([C@H]2C3=CC[C@@H]4C(=O)N(C(N)=O)C(=O)[C@@H]4[C@@H]3CC3=C2C(=O)C=C(C)C3=O)c(O)c1. The number of methoxy groups -OCH3 is 1. The molecule has 4 aliphatic rings. The van der Waals surface area contributed by atoms with Crippen molar-refractivity contribution < 1.29 is 33.8 Å². The second-order valence-corrected chi connectivity index (χ2v) is 9.00. The van der Waals surface area contributed by atoms with Crippen LogP contribution in [0.4, 0.5) is 4.79 Å². The zero-order chi connectivity index (χ0) is 24.5. The number of phenolic OH excluding ortho intramolecular Hbond substituents is 1. The van der Waals surface area contributed by atoms with Crippen LogP contribution in [0.2, 0.25) is 0 Å². The van der Waals surface area contributed by atoms with Crippen LogP contribution in [0.1, 0.15) is 31.2 Å². The van der Waals surface area contributed by atoms with Crippen molar-refractivity contribution in [3.05, 3.63) is 58.2 Å². The number of ether oxygens (including phenoxy) is 1. The quantitative estimate of drug-likeness (QED) is 0.388. The summed E-state index contributed by atoms with van der Waals surface area (Å²) in [6.45, 7) is 1.55. The van der Waals surface area contributed by atoms with Gasteiger partial charge < -0.3 is 15.6 Å². The number of carbonyl (C=O) groups excluding carboxylic acids is 5. The van der Waals surface area contributed by atoms with Crippen LogP contribution in [0.15, 0.2) is 52.6 Å². The maximum Gasteiger partial charge on any atom is 0.328 e. The summed E-state index contributed by atoms with van der Waals surface area (Å²) in [7, 11) is 1.46. The highest BCUT2D eigenvalue weighted by molar-refractivity contribution is 6.24. The van der Waals surface area contributed by atoms with Crippen molar-refractivity contribution in [2.75, 3.05) is 7.11 Å². The summed E-state index contributed by atoms with van der Waals surface area (Å²) >= 11 is 0. The van der Waals surface area contributed by atoms with Gasteiger partial charge in [-0.15, -0.1) is 0 Å². The summed E-state index contributed by atoms with van der Waals surface area (Å²) in [5.41, 5.74) is 7.18. The summed E-state index contributed by atoms with van der Waals surface area (Å²) in [4.78, 5) is 64.5. The van der Waals surface area contributed by atoms with Crippen molar-refractivity contribution >= 4 is 29.4 Å². The Balaban J connectivity index is 1.71. The van der Waals surface area contributed by atoms with Gasteiger partial charge in [-0.1, -0.05) is 17.7 Å². The molecule has 1 heterocycles. The van der Waals surface area contributed by atoms with Crippen molar-refractivity contribution in [2.24, 2.45) is 23.5 Å². The van der Waals surface area contributed by atoms with E-state index in [4.69, 9.17) is 10.5 Å². The average molecular weight is 462 g/mol. The predicted octanol–water partition coefficient (Wildman–Crippen LogP) is 1.91. The molecule has 9 nitrogen and oxygen atoms in total. The molecule has 1 aromatic rings. The van der Waals surface area contributed by atoms with Gasteiger partial charge in [0.15, 0.2) is 11.6 Å². The Bertz CT molecular complexity index is 1300. The van der Waals surface area contributed by atoms with Crippen LogP contribution in [-0.4, -0.2) is 46.5 Å². The smallest absolute Gasteiger partial charge is 0.328 e. The number of phenols is 1. The number of rotatable bonds is 2. The third-order valence-corrected chi connectivity index (χ3v) is 7.33. The first-order valence-electron chi connectivity index (χ1n) is 10.9. The predicted molar refractivity (Wildman–Crippen MR) is 117 cm³/mol. The van der Waals surface area contributed by atoms with Crippen LogP contribution >= 0.6 is 0 Å². The lowest BCUT2D eigenvalue weighted by atomic mass is 9.59. The number of urea groups is 1. The number of benzene rings is 1. The number of hydrogen-bond donors (Lipinski definition) is 2. The van der Waals surface area contributed by atoms with Crippen molar-refractivity contribution in [1.29, 1.82) is 0 Å². The number of nitrogens with two attached hydrogens (primary N) is 1. The van der Waals surface area contributed by atoms with E-state index in [1.807, 2.05) is 0 Å². The minimum absolute atomic E-state index is 0.0805. The first-order valence-corrected chi connectivity index (χ1v) is 10.9. The van der Waals surface area contributed by atoms with Gasteiger partial charge in [-0.05, 0) is 37.8 Å². The molecular weight excluding hydrogens is 440 g/mol. The number of hydrogen-bond acceptors (Lipinski definition) is 7. The topological polar surface area (TPSA) is 144 Å². The molecule has 4 atom stereocenters. The van der Waals surface area contributed by atoms with Crippen LogP contribution in [0.25, 0.3) is 0 Å². The molecule has 9 heteroatoms. The summed E-state index contributed by atoms with van der Waals surface area (Å²) < 4.78 is 5.17. The van der Waals surface area contributed by atoms with Crippen molar-refractivity contribution in [3.8, 4) is 11.5 Å². The van der Waals surface area contributed by atoms with Gasteiger partial charge >= 0.3 is 6.03 Å². The van der Waals surface area contributed by atoms with Gasteiger partial charge in [0.2, 0.25) is 11.8 Å². The zero-order valence-corrected chi connectivity index (χ0v) is 18.5. The van der Waals surface area contributed by atoms with E-state index >= 15 is 0 Å². The molecule has 0 spiro atoms. The monoisotopic (exact) mass is 462 g/mol. The Labute approximate surface area is 194 Å². The Morgan fingerprint density at radius 2 is 1.88 bits per heavy atom. The normalized spacial score (nSPS) is 28.2. The molecule has 0 bridgehead atoms. The first kappa shape index (κ1) is 21.8. The standard InChI is InChI=1S/C25H22N2O7/c1-10-7-18(29)21-16(22(10)30)9-15-12(19(21)13-4-3-11(34-2)8-17(13)28)5-6-14-20(15)24(32)27(23(14)31)25(26)33/h3-5,7-8,14-15,19-20,28H,6,9H2,1-2H3,(H2,26,33)/t14-,15+,19+,20-/m0/s1. The van der Waals surface area contributed by atoms with Crippen LogP contribution in [0, 0.1) is 17.8 Å². The fourth-order valence-electron chi connectivity index (χ4n) is 5.85. The number of Topliss-reactive ketones (excluding diaryl/α,β-unsaturated/α-hetero) is 1. The fraction of sp³-hybridized carbons (Fsp3) is 0.320. The summed E-state index contributed by atoms with van der Waals surface area (Å²) in [5.74, 6) is -4.74. The number of fused-ring (bicyclic) bond motifs is 3. The lowest BCUT2D eigenvalue weighted by molar-refractivity contribution is -0.136. The molecule has 174 valence electrons. The molecule has 0 radical (unpaired) electrons. The summed E-state index contributed by atoms with van der Waals surface area (Å²) in [5, 5.41) is 10.8. The highest BCUT2D eigenvalue weighted by Gasteiger charge is 2.57. The number of imide groups is 3. The van der Waals surface area contributed by atoms with E-state index in [2.05, 4.69) is 0 Å². The molecule has 1 aromatic carbocycles. The third kappa shape index (κ3) is 2.89. The van der Waals surface area contributed by atoms with Gasteiger partial charge in [0.05, 0.1) is 18.9 Å². The van der Waals surface area contributed by atoms with Gasteiger partial charge in [-0.2, -0.15) is 4.90 Å². The van der Waals surface area contributed by atoms with Crippen molar-refractivity contribution in [3.63, 3.8) is 0 Å². The van der Waals surface area contributed by atoms with Crippen molar-refractivity contribution in [1.82, 2.24) is 4.90 Å². The number of ketones is 2. The highest BCUT2D eigenvalue weighted by Crippen LogP contribution is 2.56. The molecule has 5 rings (SSSR count). The zero-order valence-electron chi connectivity index (χ0n) is 18.5. The van der Waals surface area contributed by atoms with Crippen LogP contribution in [0.3, 0.4) is 0 Å². The first-order chi connectivity index (χ1) is 16.1. The molecule has 1 fully saturated rings. The summed E-state index contributed by atoms with van der Waals surface area (Å²) in [6.07, 6.45) is 3.35. The molecule has 4 amide bonds. The second kappa shape index (κ2) is 7.51. The number of carbonyl (C=O) groups is 5. The maximum absolute atomic E-state index is 13.2. The molecule has 0 unspecified atom stereocenters. The van der Waals surface area contributed by atoms with Gasteiger partial charge in [-0.3, -0.25) is 19.2 Å². The van der Waals surface area contributed by atoms with Gasteiger partial charge in [-0.25, -0.2) is 4.79 Å². The molecule has 1 aliphatic heterocycles.